The first-order chi connectivity index (χ1) is 13.6. The van der Waals surface area contributed by atoms with Crippen LogP contribution in [0, 0.1) is 6.92 Å². The van der Waals surface area contributed by atoms with Crippen molar-refractivity contribution in [3.63, 3.8) is 0 Å². The molecule has 9 nitrogen and oxygen atoms in total. The number of nitrogens with two attached hydrogens (primary N) is 2. The Morgan fingerprint density at radius 2 is 1.69 bits per heavy atom. The summed E-state index contributed by atoms with van der Waals surface area (Å²) in [5, 5.41) is 9.55. The number of nitrogens with one attached hydrogen (secondary N) is 2. The Hall–Kier alpha value is -3.28. The zero-order valence-corrected chi connectivity index (χ0v) is 16.9. The van der Waals surface area contributed by atoms with Gasteiger partial charge < -0.3 is 5.73 Å². The fourth-order valence-electron chi connectivity index (χ4n) is 2.57. The van der Waals surface area contributed by atoms with E-state index in [2.05, 4.69) is 16.0 Å². The second kappa shape index (κ2) is 7.99. The Balaban J connectivity index is 2.05. The molecule has 3 rings (SSSR count). The fraction of sp³-hybridized carbons (Fsp3) is 0.0556. The van der Waals surface area contributed by atoms with E-state index in [1.165, 1.54) is 23.0 Å². The molecule has 0 aliphatic heterocycles. The molecular weight excluding hydrogens is 412 g/mol. The highest BCUT2D eigenvalue weighted by Crippen LogP contribution is 2.24. The largest absolute Gasteiger partial charge is 0.375 e. The maximum atomic E-state index is 12.6. The van der Waals surface area contributed by atoms with Crippen molar-refractivity contribution in [3.8, 4) is 16.9 Å². The van der Waals surface area contributed by atoms with Gasteiger partial charge in [-0.2, -0.15) is 5.10 Å². The van der Waals surface area contributed by atoms with E-state index in [1.807, 2.05) is 31.2 Å². The van der Waals surface area contributed by atoms with Crippen molar-refractivity contribution >= 4 is 33.3 Å². The number of hydrogen-bond acceptors (Lipinski definition) is 5. The molecule has 0 saturated carbocycles. The number of nitrogens with zero attached hydrogens (tertiary/aromatic N) is 2. The summed E-state index contributed by atoms with van der Waals surface area (Å²) < 4.78 is 24.4. The molecule has 11 heteroatoms. The summed E-state index contributed by atoms with van der Waals surface area (Å²) in [7, 11) is -3.81. The summed E-state index contributed by atoms with van der Waals surface area (Å²) >= 11 is 4.70. The van der Waals surface area contributed by atoms with Gasteiger partial charge in [0.05, 0.1) is 16.1 Å². The summed E-state index contributed by atoms with van der Waals surface area (Å²) in [6, 6.07) is 13.3. The van der Waals surface area contributed by atoms with Crippen molar-refractivity contribution in [1.29, 1.82) is 0 Å². The Labute approximate surface area is 172 Å². The molecule has 2 aromatic carbocycles. The van der Waals surface area contributed by atoms with Crippen molar-refractivity contribution in [1.82, 2.24) is 20.6 Å². The molecule has 0 radical (unpaired) electrons. The normalized spacial score (nSPS) is 11.1. The van der Waals surface area contributed by atoms with Gasteiger partial charge in [0, 0.05) is 11.8 Å². The third-order valence-electron chi connectivity index (χ3n) is 4.01. The number of sulfonamides is 1. The molecular formula is C18H18N6O3S2. The second-order valence-electron chi connectivity index (χ2n) is 6.18. The van der Waals surface area contributed by atoms with Gasteiger partial charge in [0.25, 0.3) is 5.91 Å². The molecule has 0 aliphatic rings. The van der Waals surface area contributed by atoms with Crippen LogP contribution < -0.4 is 21.7 Å². The first-order valence-electron chi connectivity index (χ1n) is 8.31. The predicted octanol–water partition coefficient (Wildman–Crippen LogP) is 0.973. The van der Waals surface area contributed by atoms with Crippen molar-refractivity contribution in [2.45, 2.75) is 11.8 Å². The van der Waals surface area contributed by atoms with Crippen LogP contribution in [0.4, 0.5) is 0 Å². The molecule has 0 spiro atoms. The van der Waals surface area contributed by atoms with E-state index in [0.29, 0.717) is 11.4 Å². The highest BCUT2D eigenvalue weighted by molar-refractivity contribution is 7.89. The smallest absolute Gasteiger partial charge is 0.273 e. The average molecular weight is 431 g/mol. The van der Waals surface area contributed by atoms with Crippen LogP contribution in [0.1, 0.15) is 15.9 Å². The van der Waals surface area contributed by atoms with Gasteiger partial charge in [-0.1, -0.05) is 29.8 Å². The molecule has 29 heavy (non-hydrogen) atoms. The number of thiocarbonyl (C=S) groups is 1. The van der Waals surface area contributed by atoms with E-state index in [4.69, 9.17) is 23.1 Å². The number of aryl methyl sites for hydroxylation is 1. The fourth-order valence-corrected chi connectivity index (χ4v) is 3.14. The lowest BCUT2D eigenvalue weighted by molar-refractivity contribution is 0.0944. The minimum atomic E-state index is -3.81. The zero-order chi connectivity index (χ0) is 21.2. The minimum Gasteiger partial charge on any atom is -0.375 e. The van der Waals surface area contributed by atoms with Gasteiger partial charge in [0.1, 0.15) is 5.69 Å². The number of hydrogen-bond donors (Lipinski definition) is 4. The molecule has 0 atom stereocenters. The first kappa shape index (κ1) is 20.5. The molecule has 0 saturated heterocycles. The first-order valence-corrected chi connectivity index (χ1v) is 10.3. The predicted molar refractivity (Wildman–Crippen MR) is 112 cm³/mol. The Morgan fingerprint density at radius 3 is 2.24 bits per heavy atom. The van der Waals surface area contributed by atoms with Gasteiger partial charge in [-0.15, -0.1) is 0 Å². The van der Waals surface area contributed by atoms with E-state index < -0.39 is 15.9 Å². The van der Waals surface area contributed by atoms with Crippen molar-refractivity contribution < 1.29 is 13.2 Å². The molecule has 0 unspecified atom stereocenters. The lowest BCUT2D eigenvalue weighted by atomic mass is 10.1. The number of rotatable bonds is 4. The number of aromatic nitrogens is 2. The molecule has 1 amide bonds. The Morgan fingerprint density at radius 1 is 1.07 bits per heavy atom. The second-order valence-corrected chi connectivity index (χ2v) is 8.19. The summed E-state index contributed by atoms with van der Waals surface area (Å²) in [4.78, 5) is 12.6. The molecule has 3 aromatic rings. The third kappa shape index (κ3) is 4.77. The SMILES string of the molecule is Cc1ccc(-c2nn(-c3ccc(S(N)(=O)=O)cc3)cc2C(=O)NNC(N)=S)cc1. The number of carbonyl (C=O) groups excluding carboxylic acids is 1. The van der Waals surface area contributed by atoms with Crippen LogP contribution in [0.3, 0.4) is 0 Å². The summed E-state index contributed by atoms with van der Waals surface area (Å²) in [5.74, 6) is -0.485. The van der Waals surface area contributed by atoms with E-state index in [9.17, 15) is 13.2 Å². The Kier molecular flexibility index (Phi) is 5.64. The van der Waals surface area contributed by atoms with Crippen LogP contribution >= 0.6 is 12.2 Å². The molecule has 1 heterocycles. The summed E-state index contributed by atoms with van der Waals surface area (Å²) in [5.41, 5.74) is 13.2. The van der Waals surface area contributed by atoms with Crippen LogP contribution in [0.15, 0.2) is 59.6 Å². The molecule has 0 fully saturated rings. The lowest BCUT2D eigenvalue weighted by Crippen LogP contribution is -2.44. The van der Waals surface area contributed by atoms with E-state index in [-0.39, 0.29) is 15.6 Å². The maximum absolute atomic E-state index is 12.6. The average Bonchev–Trinajstić information content (AvgIpc) is 3.11. The van der Waals surface area contributed by atoms with E-state index in [1.54, 1.807) is 12.1 Å². The van der Waals surface area contributed by atoms with Gasteiger partial charge in [-0.3, -0.25) is 15.6 Å². The molecule has 0 aliphatic carbocycles. The highest BCUT2D eigenvalue weighted by atomic mass is 32.2. The molecule has 0 bridgehead atoms. The molecule has 1 aromatic heterocycles. The standard InChI is InChI=1S/C18H18N6O3S2/c1-11-2-4-12(5-3-11)16-15(17(25)21-22-18(19)28)10-24(23-16)13-6-8-14(9-7-13)29(20,26)27/h2-10H,1H3,(H,21,25)(H3,19,22,28)(H2,20,26,27). The topological polar surface area (TPSA) is 145 Å². The van der Waals surface area contributed by atoms with Gasteiger partial charge in [-0.25, -0.2) is 18.2 Å². The quantitative estimate of drug-likeness (QED) is 0.356. The van der Waals surface area contributed by atoms with Crippen molar-refractivity contribution in [2.24, 2.45) is 10.9 Å². The zero-order valence-electron chi connectivity index (χ0n) is 15.3. The number of carbonyl (C=O) groups is 1. The highest BCUT2D eigenvalue weighted by Gasteiger charge is 2.19. The van der Waals surface area contributed by atoms with Gasteiger partial charge in [0.15, 0.2) is 5.11 Å². The number of primary sulfonamides is 1. The van der Waals surface area contributed by atoms with Gasteiger partial charge in [-0.05, 0) is 43.4 Å². The summed E-state index contributed by atoms with van der Waals surface area (Å²) in [6.07, 6.45) is 1.53. The van der Waals surface area contributed by atoms with E-state index >= 15 is 0 Å². The van der Waals surface area contributed by atoms with Crippen LogP contribution in [-0.4, -0.2) is 29.2 Å². The maximum Gasteiger partial charge on any atom is 0.273 e. The van der Waals surface area contributed by atoms with Crippen molar-refractivity contribution in [2.75, 3.05) is 0 Å². The van der Waals surface area contributed by atoms with Crippen LogP contribution in [0.25, 0.3) is 16.9 Å². The summed E-state index contributed by atoms with van der Waals surface area (Å²) in [6.45, 7) is 1.95. The number of benzene rings is 2. The molecule has 6 N–H and O–H groups in total. The Bertz CT molecular complexity index is 1170. The van der Waals surface area contributed by atoms with Crippen LogP contribution in [0.2, 0.25) is 0 Å². The van der Waals surface area contributed by atoms with Crippen LogP contribution in [-0.2, 0) is 10.0 Å². The minimum absolute atomic E-state index is 0.0224. The molecule has 150 valence electrons. The van der Waals surface area contributed by atoms with Crippen LogP contribution in [0.5, 0.6) is 0 Å². The van der Waals surface area contributed by atoms with Crippen molar-refractivity contribution in [3.05, 3.63) is 65.9 Å². The lowest BCUT2D eigenvalue weighted by Gasteiger charge is -2.06. The van der Waals surface area contributed by atoms with Gasteiger partial charge >= 0.3 is 0 Å². The third-order valence-corrected chi connectivity index (χ3v) is 5.04. The van der Waals surface area contributed by atoms with E-state index in [0.717, 1.165) is 11.1 Å². The van der Waals surface area contributed by atoms with Gasteiger partial charge in [0.2, 0.25) is 10.0 Å². The number of amides is 1. The number of hydrazine groups is 1. The monoisotopic (exact) mass is 430 g/mol.